The van der Waals surface area contributed by atoms with Gasteiger partial charge in [0.25, 0.3) is 0 Å². The zero-order valence-electron chi connectivity index (χ0n) is 11.6. The van der Waals surface area contributed by atoms with Gasteiger partial charge in [0.1, 0.15) is 5.75 Å². The first-order chi connectivity index (χ1) is 9.85. The lowest BCUT2D eigenvalue weighted by Gasteiger charge is -2.18. The van der Waals surface area contributed by atoms with Crippen molar-refractivity contribution >= 4 is 11.6 Å². The van der Waals surface area contributed by atoms with Crippen LogP contribution in [0.15, 0.2) is 54.6 Å². The molecular formula is C17H19ClO2. The lowest BCUT2D eigenvalue weighted by atomic mass is 10.1. The Bertz CT molecular complexity index is 513. The van der Waals surface area contributed by atoms with Gasteiger partial charge in [-0.3, -0.25) is 0 Å². The molecule has 0 bridgehead atoms. The van der Waals surface area contributed by atoms with E-state index in [1.807, 2.05) is 42.5 Å². The molecule has 106 valence electrons. The Balaban J connectivity index is 2.06. The summed E-state index contributed by atoms with van der Waals surface area (Å²) in [6.07, 6.45) is 0.805. The molecule has 0 spiro atoms. The molecule has 0 amide bonds. The molecule has 2 aromatic rings. The van der Waals surface area contributed by atoms with Crippen LogP contribution in [0.25, 0.3) is 0 Å². The first-order valence-corrected chi connectivity index (χ1v) is 7.23. The molecule has 0 fully saturated rings. The number of benzene rings is 2. The number of ether oxygens (including phenoxy) is 2. The zero-order valence-corrected chi connectivity index (χ0v) is 12.3. The summed E-state index contributed by atoms with van der Waals surface area (Å²) in [6, 6.07) is 18.1. The standard InChI is InChI=1S/C17H19ClO2/c1-19-16-10-6-5-9-15(16)13-20-17(11-12-18)14-7-3-2-4-8-14/h2-10,17H,11-13H2,1H3. The van der Waals surface area contributed by atoms with Crippen LogP contribution in [-0.4, -0.2) is 13.0 Å². The van der Waals surface area contributed by atoms with E-state index in [-0.39, 0.29) is 6.10 Å². The van der Waals surface area contributed by atoms with Crippen molar-refractivity contribution in [3.63, 3.8) is 0 Å². The van der Waals surface area contributed by atoms with Crippen molar-refractivity contribution in [2.45, 2.75) is 19.1 Å². The number of halogens is 1. The van der Waals surface area contributed by atoms with E-state index >= 15 is 0 Å². The second-order valence-electron chi connectivity index (χ2n) is 4.50. The first kappa shape index (κ1) is 14.9. The molecule has 0 heterocycles. The monoisotopic (exact) mass is 290 g/mol. The minimum Gasteiger partial charge on any atom is -0.496 e. The summed E-state index contributed by atoms with van der Waals surface area (Å²) in [5, 5.41) is 0. The van der Waals surface area contributed by atoms with Gasteiger partial charge in [-0.2, -0.15) is 0 Å². The average molecular weight is 291 g/mol. The summed E-state index contributed by atoms with van der Waals surface area (Å²) in [5.74, 6) is 1.43. The van der Waals surface area contributed by atoms with Crippen LogP contribution in [0.5, 0.6) is 5.75 Å². The zero-order chi connectivity index (χ0) is 14.2. The Morgan fingerprint density at radius 2 is 1.70 bits per heavy atom. The quantitative estimate of drug-likeness (QED) is 0.695. The Kier molecular flexibility index (Phi) is 5.90. The maximum atomic E-state index is 6.03. The van der Waals surface area contributed by atoms with Gasteiger partial charge in [0, 0.05) is 11.4 Å². The van der Waals surface area contributed by atoms with E-state index in [0.29, 0.717) is 12.5 Å². The van der Waals surface area contributed by atoms with Gasteiger partial charge in [-0.1, -0.05) is 48.5 Å². The fraction of sp³-hybridized carbons (Fsp3) is 0.294. The molecule has 2 nitrogen and oxygen atoms in total. The van der Waals surface area contributed by atoms with E-state index in [0.717, 1.165) is 23.3 Å². The summed E-state index contributed by atoms with van der Waals surface area (Å²) >= 11 is 5.88. The van der Waals surface area contributed by atoms with Crippen molar-refractivity contribution in [3.8, 4) is 5.75 Å². The van der Waals surface area contributed by atoms with Crippen LogP contribution >= 0.6 is 11.6 Å². The Morgan fingerprint density at radius 3 is 2.40 bits per heavy atom. The van der Waals surface area contributed by atoms with Crippen LogP contribution in [0.4, 0.5) is 0 Å². The summed E-state index contributed by atoms with van der Waals surface area (Å²) in [6.45, 7) is 0.514. The third kappa shape index (κ3) is 3.99. The van der Waals surface area contributed by atoms with Crippen molar-refractivity contribution < 1.29 is 9.47 Å². The van der Waals surface area contributed by atoms with Crippen LogP contribution in [0.3, 0.4) is 0 Å². The SMILES string of the molecule is COc1ccccc1COC(CCCl)c1ccccc1. The third-order valence-electron chi connectivity index (χ3n) is 3.18. The molecule has 0 saturated carbocycles. The van der Waals surface area contributed by atoms with Gasteiger partial charge in [0.05, 0.1) is 19.8 Å². The fourth-order valence-corrected chi connectivity index (χ4v) is 2.32. The summed E-state index contributed by atoms with van der Waals surface area (Å²) in [5.41, 5.74) is 2.20. The second kappa shape index (κ2) is 7.93. The smallest absolute Gasteiger partial charge is 0.124 e. The first-order valence-electron chi connectivity index (χ1n) is 6.69. The molecule has 2 aromatic carbocycles. The molecule has 1 unspecified atom stereocenters. The lowest BCUT2D eigenvalue weighted by molar-refractivity contribution is 0.0367. The lowest BCUT2D eigenvalue weighted by Crippen LogP contribution is -2.06. The van der Waals surface area contributed by atoms with Gasteiger partial charge in [-0.05, 0) is 18.1 Å². The maximum Gasteiger partial charge on any atom is 0.124 e. The molecule has 0 aliphatic carbocycles. The average Bonchev–Trinajstić information content (AvgIpc) is 2.52. The van der Waals surface area contributed by atoms with Crippen molar-refractivity contribution in [3.05, 3.63) is 65.7 Å². The fourth-order valence-electron chi connectivity index (χ4n) is 2.13. The highest BCUT2D eigenvalue weighted by Crippen LogP contribution is 2.25. The molecule has 0 aliphatic heterocycles. The number of rotatable bonds is 7. The molecule has 0 radical (unpaired) electrons. The predicted molar refractivity (Wildman–Crippen MR) is 82.3 cm³/mol. The van der Waals surface area contributed by atoms with Gasteiger partial charge < -0.3 is 9.47 Å². The minimum absolute atomic E-state index is 0.0126. The number of hydrogen-bond acceptors (Lipinski definition) is 2. The second-order valence-corrected chi connectivity index (χ2v) is 4.88. The molecule has 0 N–H and O–H groups in total. The van der Waals surface area contributed by atoms with E-state index in [4.69, 9.17) is 21.1 Å². The van der Waals surface area contributed by atoms with Gasteiger partial charge in [0.2, 0.25) is 0 Å². The number of alkyl halides is 1. The largest absolute Gasteiger partial charge is 0.496 e. The van der Waals surface area contributed by atoms with Crippen molar-refractivity contribution in [2.24, 2.45) is 0 Å². The predicted octanol–water partition coefficient (Wildman–Crippen LogP) is 4.58. The Morgan fingerprint density at radius 1 is 1.00 bits per heavy atom. The number of hydrogen-bond donors (Lipinski definition) is 0. The highest BCUT2D eigenvalue weighted by molar-refractivity contribution is 6.17. The van der Waals surface area contributed by atoms with Crippen LogP contribution in [0.1, 0.15) is 23.7 Å². The van der Waals surface area contributed by atoms with Crippen LogP contribution in [0.2, 0.25) is 0 Å². The molecule has 0 aromatic heterocycles. The topological polar surface area (TPSA) is 18.5 Å². The Labute approximate surface area is 125 Å². The number of para-hydroxylation sites is 1. The highest BCUT2D eigenvalue weighted by atomic mass is 35.5. The highest BCUT2D eigenvalue weighted by Gasteiger charge is 2.12. The summed E-state index contributed by atoms with van der Waals surface area (Å²) < 4.78 is 11.4. The van der Waals surface area contributed by atoms with Gasteiger partial charge in [0.15, 0.2) is 0 Å². The van der Waals surface area contributed by atoms with Gasteiger partial charge >= 0.3 is 0 Å². The third-order valence-corrected chi connectivity index (χ3v) is 3.39. The van der Waals surface area contributed by atoms with E-state index < -0.39 is 0 Å². The molecule has 3 heteroatoms. The van der Waals surface area contributed by atoms with Crippen LogP contribution in [0, 0.1) is 0 Å². The molecular weight excluding hydrogens is 272 g/mol. The van der Waals surface area contributed by atoms with E-state index in [2.05, 4.69) is 12.1 Å². The minimum atomic E-state index is 0.0126. The van der Waals surface area contributed by atoms with E-state index in [1.165, 1.54) is 0 Å². The molecule has 0 aliphatic rings. The Hall–Kier alpha value is -1.51. The normalized spacial score (nSPS) is 12.1. The van der Waals surface area contributed by atoms with Gasteiger partial charge in [-0.25, -0.2) is 0 Å². The molecule has 0 saturated heterocycles. The summed E-state index contributed by atoms with van der Waals surface area (Å²) in [4.78, 5) is 0. The summed E-state index contributed by atoms with van der Waals surface area (Å²) in [7, 11) is 1.67. The van der Waals surface area contributed by atoms with Crippen molar-refractivity contribution in [1.29, 1.82) is 0 Å². The molecule has 1 atom stereocenters. The molecule has 20 heavy (non-hydrogen) atoms. The van der Waals surface area contributed by atoms with E-state index in [9.17, 15) is 0 Å². The number of methoxy groups -OCH3 is 1. The van der Waals surface area contributed by atoms with Crippen molar-refractivity contribution in [1.82, 2.24) is 0 Å². The maximum absolute atomic E-state index is 6.03. The molecule has 2 rings (SSSR count). The van der Waals surface area contributed by atoms with Crippen molar-refractivity contribution in [2.75, 3.05) is 13.0 Å². The van der Waals surface area contributed by atoms with Crippen LogP contribution in [-0.2, 0) is 11.3 Å². The van der Waals surface area contributed by atoms with E-state index in [1.54, 1.807) is 7.11 Å². The van der Waals surface area contributed by atoms with Crippen LogP contribution < -0.4 is 4.74 Å². The van der Waals surface area contributed by atoms with Gasteiger partial charge in [-0.15, -0.1) is 11.6 Å².